The molecule has 0 spiro atoms. The van der Waals surface area contributed by atoms with E-state index in [0.717, 1.165) is 24.4 Å². The van der Waals surface area contributed by atoms with Crippen LogP contribution in [0.5, 0.6) is 5.75 Å². The summed E-state index contributed by atoms with van der Waals surface area (Å²) in [6.45, 7) is 3.15. The molecule has 1 heterocycles. The molecule has 0 aliphatic carbocycles. The molecule has 0 aromatic heterocycles. The van der Waals surface area contributed by atoms with Crippen molar-refractivity contribution in [3.05, 3.63) is 18.2 Å². The van der Waals surface area contributed by atoms with Crippen molar-refractivity contribution in [1.82, 2.24) is 5.53 Å². The first-order valence-corrected chi connectivity index (χ1v) is 4.82. The van der Waals surface area contributed by atoms with Crippen LogP contribution in [-0.2, 0) is 0 Å². The molecule has 1 aliphatic rings. The van der Waals surface area contributed by atoms with Crippen molar-refractivity contribution in [3.8, 4) is 5.75 Å². The number of hydrogen-bond donors (Lipinski definition) is 2. The molecule has 0 atom stereocenters. The average molecular weight is 193 g/mol. The predicted molar refractivity (Wildman–Crippen MR) is 57.4 cm³/mol. The Bertz CT molecular complexity index is 327. The van der Waals surface area contributed by atoms with E-state index in [1.54, 1.807) is 7.11 Å². The van der Waals surface area contributed by atoms with Crippen LogP contribution >= 0.6 is 0 Å². The van der Waals surface area contributed by atoms with E-state index in [4.69, 9.17) is 4.74 Å². The summed E-state index contributed by atoms with van der Waals surface area (Å²) in [4.78, 5) is 0. The molecular weight excluding hydrogens is 178 g/mol. The van der Waals surface area contributed by atoms with E-state index in [1.807, 2.05) is 12.1 Å². The molecular formula is C10H15N3O. The molecule has 2 rings (SSSR count). The number of nitrogens with one attached hydrogen (secondary N) is 2. The molecule has 0 saturated carbocycles. The minimum Gasteiger partial charge on any atom is -0.497 e. The van der Waals surface area contributed by atoms with Gasteiger partial charge in [-0.15, -0.1) is 5.53 Å². The van der Waals surface area contributed by atoms with E-state index in [-0.39, 0.29) is 0 Å². The van der Waals surface area contributed by atoms with Crippen LogP contribution in [0, 0.1) is 0 Å². The molecule has 76 valence electrons. The first kappa shape index (κ1) is 9.15. The Morgan fingerprint density at radius 1 is 1.43 bits per heavy atom. The molecule has 0 bridgehead atoms. The second kappa shape index (κ2) is 3.75. The highest BCUT2D eigenvalue weighted by Gasteiger charge is 2.17. The zero-order valence-corrected chi connectivity index (χ0v) is 8.50. The number of hydrogen-bond acceptors (Lipinski definition) is 4. The van der Waals surface area contributed by atoms with Gasteiger partial charge in [0.2, 0.25) is 0 Å². The summed E-state index contributed by atoms with van der Waals surface area (Å²) >= 11 is 0. The molecule has 4 nitrogen and oxygen atoms in total. The quantitative estimate of drug-likeness (QED) is 0.767. The van der Waals surface area contributed by atoms with Crippen molar-refractivity contribution in [3.63, 3.8) is 0 Å². The lowest BCUT2D eigenvalue weighted by Gasteiger charge is -2.16. The van der Waals surface area contributed by atoms with Gasteiger partial charge in [-0.2, -0.15) is 0 Å². The minimum absolute atomic E-state index is 0.872. The first-order valence-electron chi connectivity index (χ1n) is 4.82. The molecule has 14 heavy (non-hydrogen) atoms. The van der Waals surface area contributed by atoms with E-state index in [9.17, 15) is 0 Å². The van der Waals surface area contributed by atoms with Gasteiger partial charge >= 0.3 is 0 Å². The Kier molecular flexibility index (Phi) is 2.45. The lowest BCUT2D eigenvalue weighted by atomic mass is 10.2. The van der Waals surface area contributed by atoms with Crippen LogP contribution in [0.2, 0.25) is 0 Å². The van der Waals surface area contributed by atoms with Gasteiger partial charge in [-0.05, 0) is 18.6 Å². The van der Waals surface area contributed by atoms with Gasteiger partial charge in [-0.3, -0.25) is 5.01 Å². The summed E-state index contributed by atoms with van der Waals surface area (Å²) in [5.41, 5.74) is 8.45. The molecule has 4 heteroatoms. The summed E-state index contributed by atoms with van der Waals surface area (Å²) in [5.74, 6) is 0.872. The first-order chi connectivity index (χ1) is 6.85. The third-order valence-corrected chi connectivity index (χ3v) is 2.27. The number of fused-ring (bicyclic) bond motifs is 1. The molecule has 0 fully saturated rings. The van der Waals surface area contributed by atoms with Crippen molar-refractivity contribution in [2.75, 3.05) is 24.1 Å². The van der Waals surface area contributed by atoms with Gasteiger partial charge in [0.25, 0.3) is 0 Å². The van der Waals surface area contributed by atoms with Crippen molar-refractivity contribution < 1.29 is 4.74 Å². The summed E-state index contributed by atoms with van der Waals surface area (Å²) in [6, 6.07) is 6.00. The Labute approximate surface area is 83.8 Å². The van der Waals surface area contributed by atoms with Gasteiger partial charge in [0.15, 0.2) is 0 Å². The second-order valence-corrected chi connectivity index (χ2v) is 3.27. The fourth-order valence-electron chi connectivity index (χ4n) is 1.57. The highest BCUT2D eigenvalue weighted by atomic mass is 16.5. The van der Waals surface area contributed by atoms with Gasteiger partial charge in [-0.25, -0.2) is 0 Å². The monoisotopic (exact) mass is 193 g/mol. The van der Waals surface area contributed by atoms with Crippen LogP contribution < -0.4 is 20.7 Å². The highest BCUT2D eigenvalue weighted by Crippen LogP contribution is 2.32. The largest absolute Gasteiger partial charge is 0.497 e. The van der Waals surface area contributed by atoms with E-state index in [0.29, 0.717) is 0 Å². The Morgan fingerprint density at radius 3 is 3.00 bits per heavy atom. The van der Waals surface area contributed by atoms with E-state index in [2.05, 4.69) is 29.0 Å². The van der Waals surface area contributed by atoms with Crippen LogP contribution in [0.15, 0.2) is 18.2 Å². The average Bonchev–Trinajstić information content (AvgIpc) is 2.61. The number of hydrazine groups is 2. The zero-order chi connectivity index (χ0) is 9.97. The predicted octanol–water partition coefficient (Wildman–Crippen LogP) is 1.76. The second-order valence-electron chi connectivity index (χ2n) is 3.27. The van der Waals surface area contributed by atoms with Gasteiger partial charge in [0, 0.05) is 12.6 Å². The smallest absolute Gasteiger partial charge is 0.121 e. The SMILES string of the molecule is CCCN1NNc2cc(OC)ccc21. The Morgan fingerprint density at radius 2 is 2.29 bits per heavy atom. The fourth-order valence-corrected chi connectivity index (χ4v) is 1.57. The standard InChI is InChI=1S/C10H15N3O/c1-3-6-13-10-5-4-8(14-2)7-9(10)11-12-13/h4-5,7,11-12H,3,6H2,1-2H3. The summed E-state index contributed by atoms with van der Waals surface area (Å²) in [5, 5.41) is 2.09. The molecule has 0 amide bonds. The molecule has 2 N–H and O–H groups in total. The van der Waals surface area contributed by atoms with Gasteiger partial charge in [-0.1, -0.05) is 6.92 Å². The summed E-state index contributed by atoms with van der Waals surface area (Å²) in [7, 11) is 1.67. The van der Waals surface area contributed by atoms with Crippen LogP contribution in [0.4, 0.5) is 11.4 Å². The summed E-state index contributed by atoms with van der Waals surface area (Å²) in [6.07, 6.45) is 1.11. The normalized spacial score (nSPS) is 13.7. The van der Waals surface area contributed by atoms with Crippen LogP contribution in [0.25, 0.3) is 0 Å². The molecule has 1 aromatic rings. The lowest BCUT2D eigenvalue weighted by Crippen LogP contribution is -2.36. The summed E-state index contributed by atoms with van der Waals surface area (Å²) < 4.78 is 5.15. The Balaban J connectivity index is 2.24. The van der Waals surface area contributed by atoms with Gasteiger partial charge < -0.3 is 10.2 Å². The maximum atomic E-state index is 5.15. The molecule has 1 aromatic carbocycles. The molecule has 0 unspecified atom stereocenters. The van der Waals surface area contributed by atoms with Crippen LogP contribution in [-0.4, -0.2) is 13.7 Å². The molecule has 1 aliphatic heterocycles. The number of methoxy groups -OCH3 is 1. The van der Waals surface area contributed by atoms with E-state index >= 15 is 0 Å². The number of benzene rings is 1. The van der Waals surface area contributed by atoms with E-state index < -0.39 is 0 Å². The van der Waals surface area contributed by atoms with Gasteiger partial charge in [0.05, 0.1) is 18.5 Å². The number of anilines is 2. The molecule has 0 radical (unpaired) electrons. The third-order valence-electron chi connectivity index (χ3n) is 2.27. The van der Waals surface area contributed by atoms with E-state index in [1.165, 1.54) is 5.69 Å². The lowest BCUT2D eigenvalue weighted by molar-refractivity contribution is 0.415. The topological polar surface area (TPSA) is 36.5 Å². The van der Waals surface area contributed by atoms with Crippen molar-refractivity contribution in [1.29, 1.82) is 0 Å². The van der Waals surface area contributed by atoms with Crippen LogP contribution in [0.1, 0.15) is 13.3 Å². The zero-order valence-electron chi connectivity index (χ0n) is 8.50. The third kappa shape index (κ3) is 1.48. The van der Waals surface area contributed by atoms with Gasteiger partial charge in [0.1, 0.15) is 5.75 Å². The number of rotatable bonds is 3. The maximum Gasteiger partial charge on any atom is 0.121 e. The minimum atomic E-state index is 0.872. The van der Waals surface area contributed by atoms with Crippen molar-refractivity contribution >= 4 is 11.4 Å². The van der Waals surface area contributed by atoms with Crippen molar-refractivity contribution in [2.45, 2.75) is 13.3 Å². The molecule has 0 saturated heterocycles. The number of ether oxygens (including phenoxy) is 1. The Hall–Kier alpha value is -1.42. The maximum absolute atomic E-state index is 5.15. The van der Waals surface area contributed by atoms with Crippen LogP contribution in [0.3, 0.4) is 0 Å². The number of nitrogens with zero attached hydrogens (tertiary/aromatic N) is 1. The highest BCUT2D eigenvalue weighted by molar-refractivity contribution is 5.74. The van der Waals surface area contributed by atoms with Crippen molar-refractivity contribution in [2.24, 2.45) is 0 Å². The fraction of sp³-hybridized carbons (Fsp3) is 0.400.